The van der Waals surface area contributed by atoms with E-state index in [-0.39, 0.29) is 24.2 Å². The molecule has 2 heterocycles. The fraction of sp³-hybridized carbons (Fsp3) is 0.235. The number of rotatable bonds is 3. The van der Waals surface area contributed by atoms with Crippen molar-refractivity contribution in [2.24, 2.45) is 5.92 Å². The van der Waals surface area contributed by atoms with Crippen molar-refractivity contribution in [3.8, 4) is 0 Å². The average molecular weight is 330 g/mol. The summed E-state index contributed by atoms with van der Waals surface area (Å²) in [5.41, 5.74) is 1.77. The topological polar surface area (TPSA) is 62.3 Å². The summed E-state index contributed by atoms with van der Waals surface area (Å²) in [5, 5.41) is 3.37. The summed E-state index contributed by atoms with van der Waals surface area (Å²) in [4.78, 5) is 30.3. The molecule has 3 rings (SSSR count). The molecule has 2 aromatic rings. The SMILES string of the molecule is Cc1ccc(NC(=O)[C@@H]2CC(=O)N(c3ccc(Cl)cc3)C2)nc1. The highest BCUT2D eigenvalue weighted by Gasteiger charge is 2.35. The van der Waals surface area contributed by atoms with Crippen LogP contribution >= 0.6 is 11.6 Å². The molecule has 6 heteroatoms. The second kappa shape index (κ2) is 6.38. The number of aryl methyl sites for hydroxylation is 1. The number of benzene rings is 1. The predicted molar refractivity (Wildman–Crippen MR) is 89.5 cm³/mol. The standard InChI is InChI=1S/C17H16ClN3O2/c1-11-2-7-15(19-9-11)20-17(23)12-8-16(22)21(10-12)14-5-3-13(18)4-6-14/h2-7,9,12H,8,10H2,1H3,(H,19,20,23)/t12-/m1/s1. The van der Waals surface area contributed by atoms with Crippen molar-refractivity contribution >= 4 is 34.9 Å². The van der Waals surface area contributed by atoms with Crippen LogP contribution < -0.4 is 10.2 Å². The van der Waals surface area contributed by atoms with Crippen LogP contribution in [0.4, 0.5) is 11.5 Å². The molecule has 5 nitrogen and oxygen atoms in total. The van der Waals surface area contributed by atoms with E-state index >= 15 is 0 Å². The molecule has 0 bridgehead atoms. The first-order chi connectivity index (χ1) is 11.0. The summed E-state index contributed by atoms with van der Waals surface area (Å²) in [6.07, 6.45) is 1.88. The Kier molecular flexibility index (Phi) is 4.30. The van der Waals surface area contributed by atoms with Crippen LogP contribution in [-0.4, -0.2) is 23.3 Å². The van der Waals surface area contributed by atoms with Crippen molar-refractivity contribution in [3.05, 3.63) is 53.2 Å². The van der Waals surface area contributed by atoms with E-state index in [4.69, 9.17) is 11.6 Å². The van der Waals surface area contributed by atoms with Crippen molar-refractivity contribution in [2.75, 3.05) is 16.8 Å². The summed E-state index contributed by atoms with van der Waals surface area (Å²) in [5.74, 6) is -0.144. The van der Waals surface area contributed by atoms with Gasteiger partial charge in [0.25, 0.3) is 0 Å². The molecule has 1 saturated heterocycles. The van der Waals surface area contributed by atoms with E-state index in [2.05, 4.69) is 10.3 Å². The number of carbonyl (C=O) groups is 2. The van der Waals surface area contributed by atoms with Gasteiger partial charge in [-0.3, -0.25) is 9.59 Å². The lowest BCUT2D eigenvalue weighted by molar-refractivity contribution is -0.122. The Bertz CT molecular complexity index is 729. The number of hydrogen-bond acceptors (Lipinski definition) is 3. The molecular formula is C17H16ClN3O2. The molecule has 0 radical (unpaired) electrons. The van der Waals surface area contributed by atoms with Crippen molar-refractivity contribution < 1.29 is 9.59 Å². The molecule has 1 atom stereocenters. The maximum Gasteiger partial charge on any atom is 0.230 e. The molecule has 0 saturated carbocycles. The molecule has 0 spiro atoms. The number of pyridine rings is 1. The van der Waals surface area contributed by atoms with Crippen LogP contribution in [-0.2, 0) is 9.59 Å². The summed E-state index contributed by atoms with van der Waals surface area (Å²) >= 11 is 5.86. The van der Waals surface area contributed by atoms with E-state index < -0.39 is 0 Å². The molecule has 1 aliphatic rings. The van der Waals surface area contributed by atoms with Gasteiger partial charge in [-0.2, -0.15) is 0 Å². The summed E-state index contributed by atoms with van der Waals surface area (Å²) in [7, 11) is 0. The van der Waals surface area contributed by atoms with Crippen LogP contribution in [0.15, 0.2) is 42.6 Å². The number of nitrogens with zero attached hydrogens (tertiary/aromatic N) is 2. The highest BCUT2D eigenvalue weighted by Crippen LogP contribution is 2.27. The largest absolute Gasteiger partial charge is 0.312 e. The fourth-order valence-electron chi connectivity index (χ4n) is 2.52. The van der Waals surface area contributed by atoms with Gasteiger partial charge in [0.1, 0.15) is 5.82 Å². The van der Waals surface area contributed by atoms with Gasteiger partial charge in [0.15, 0.2) is 0 Å². The van der Waals surface area contributed by atoms with Crippen LogP contribution in [0.5, 0.6) is 0 Å². The number of nitrogens with one attached hydrogen (secondary N) is 1. The number of anilines is 2. The molecule has 1 aromatic heterocycles. The van der Waals surface area contributed by atoms with Gasteiger partial charge in [0.2, 0.25) is 11.8 Å². The van der Waals surface area contributed by atoms with Crippen molar-refractivity contribution in [2.45, 2.75) is 13.3 Å². The van der Waals surface area contributed by atoms with Gasteiger partial charge in [-0.15, -0.1) is 0 Å². The molecule has 1 aromatic carbocycles. The Balaban J connectivity index is 1.68. The monoisotopic (exact) mass is 329 g/mol. The van der Waals surface area contributed by atoms with Crippen LogP contribution in [0.1, 0.15) is 12.0 Å². The van der Waals surface area contributed by atoms with E-state index in [0.717, 1.165) is 11.3 Å². The lowest BCUT2D eigenvalue weighted by atomic mass is 10.1. The van der Waals surface area contributed by atoms with Crippen molar-refractivity contribution in [1.29, 1.82) is 0 Å². The van der Waals surface area contributed by atoms with Gasteiger partial charge in [-0.05, 0) is 42.8 Å². The third-order valence-electron chi connectivity index (χ3n) is 3.80. The first-order valence-corrected chi connectivity index (χ1v) is 7.70. The highest BCUT2D eigenvalue weighted by molar-refractivity contribution is 6.30. The van der Waals surface area contributed by atoms with Gasteiger partial charge in [-0.1, -0.05) is 17.7 Å². The zero-order valence-electron chi connectivity index (χ0n) is 12.6. The average Bonchev–Trinajstić information content (AvgIpc) is 2.92. The molecule has 2 amide bonds. The lowest BCUT2D eigenvalue weighted by Crippen LogP contribution is -2.28. The van der Waals surface area contributed by atoms with Gasteiger partial charge in [0, 0.05) is 29.9 Å². The molecule has 1 fully saturated rings. The van der Waals surface area contributed by atoms with Gasteiger partial charge in [-0.25, -0.2) is 4.98 Å². The Labute approximate surface area is 139 Å². The number of amides is 2. The third kappa shape index (κ3) is 3.51. The minimum atomic E-state index is -0.388. The van der Waals surface area contributed by atoms with Gasteiger partial charge in [0.05, 0.1) is 5.92 Å². The van der Waals surface area contributed by atoms with Crippen molar-refractivity contribution in [3.63, 3.8) is 0 Å². The Morgan fingerprint density at radius 1 is 1.26 bits per heavy atom. The van der Waals surface area contributed by atoms with Gasteiger partial charge < -0.3 is 10.2 Å². The van der Waals surface area contributed by atoms with Crippen LogP contribution in [0.2, 0.25) is 5.02 Å². The number of aromatic nitrogens is 1. The van der Waals surface area contributed by atoms with E-state index in [1.807, 2.05) is 13.0 Å². The summed E-state index contributed by atoms with van der Waals surface area (Å²) in [6, 6.07) is 10.6. The Hall–Kier alpha value is -2.40. The van der Waals surface area contributed by atoms with E-state index in [9.17, 15) is 9.59 Å². The quantitative estimate of drug-likeness (QED) is 0.941. The normalized spacial score (nSPS) is 17.4. The molecule has 23 heavy (non-hydrogen) atoms. The minimum Gasteiger partial charge on any atom is -0.312 e. The number of carbonyl (C=O) groups excluding carboxylic acids is 2. The fourth-order valence-corrected chi connectivity index (χ4v) is 2.65. The maximum absolute atomic E-state index is 12.3. The van der Waals surface area contributed by atoms with Crippen LogP contribution in [0, 0.1) is 12.8 Å². The lowest BCUT2D eigenvalue weighted by Gasteiger charge is -2.16. The second-order valence-corrected chi connectivity index (χ2v) is 6.03. The number of hydrogen-bond donors (Lipinski definition) is 1. The first kappa shape index (κ1) is 15.5. The zero-order valence-corrected chi connectivity index (χ0v) is 13.4. The molecule has 1 aliphatic heterocycles. The zero-order chi connectivity index (χ0) is 16.4. The van der Waals surface area contributed by atoms with E-state index in [1.165, 1.54) is 0 Å². The second-order valence-electron chi connectivity index (χ2n) is 5.59. The van der Waals surface area contributed by atoms with Gasteiger partial charge >= 0.3 is 0 Å². The Morgan fingerprint density at radius 2 is 2.00 bits per heavy atom. The van der Waals surface area contributed by atoms with Crippen LogP contribution in [0.3, 0.4) is 0 Å². The molecule has 0 unspecified atom stereocenters. The molecule has 1 N–H and O–H groups in total. The van der Waals surface area contributed by atoms with Crippen LogP contribution in [0.25, 0.3) is 0 Å². The first-order valence-electron chi connectivity index (χ1n) is 7.32. The number of halogens is 1. The molecular weight excluding hydrogens is 314 g/mol. The highest BCUT2D eigenvalue weighted by atomic mass is 35.5. The summed E-state index contributed by atoms with van der Waals surface area (Å²) in [6.45, 7) is 2.29. The molecule has 0 aliphatic carbocycles. The maximum atomic E-state index is 12.3. The summed E-state index contributed by atoms with van der Waals surface area (Å²) < 4.78 is 0. The van der Waals surface area contributed by atoms with E-state index in [1.54, 1.807) is 41.4 Å². The van der Waals surface area contributed by atoms with E-state index in [0.29, 0.717) is 17.4 Å². The minimum absolute atomic E-state index is 0.0654. The smallest absolute Gasteiger partial charge is 0.230 e. The third-order valence-corrected chi connectivity index (χ3v) is 4.05. The predicted octanol–water partition coefficient (Wildman–Crippen LogP) is 3.04. The Morgan fingerprint density at radius 3 is 2.65 bits per heavy atom. The molecule has 118 valence electrons. The van der Waals surface area contributed by atoms with Crippen molar-refractivity contribution in [1.82, 2.24) is 4.98 Å².